The maximum Gasteiger partial charge on any atom is 0.226 e. The number of fused-ring (bicyclic) bond motifs is 1. The molecule has 1 unspecified atom stereocenters. The van der Waals surface area contributed by atoms with E-state index >= 15 is 0 Å². The average molecular weight is 438 g/mol. The van der Waals surface area contributed by atoms with E-state index in [-0.39, 0.29) is 11.7 Å². The van der Waals surface area contributed by atoms with Crippen molar-refractivity contribution in [2.75, 3.05) is 17.2 Å². The second kappa shape index (κ2) is 8.94. The Morgan fingerprint density at radius 2 is 1.97 bits per heavy atom. The highest BCUT2D eigenvalue weighted by molar-refractivity contribution is 5.84. The van der Waals surface area contributed by atoms with Crippen molar-refractivity contribution >= 4 is 22.9 Å². The van der Waals surface area contributed by atoms with E-state index in [1.54, 1.807) is 19.3 Å². The van der Waals surface area contributed by atoms with Gasteiger partial charge in [0, 0.05) is 31.1 Å². The summed E-state index contributed by atoms with van der Waals surface area (Å²) in [7, 11) is 0. The first-order valence-electron chi connectivity index (χ1n) is 10.8. The Bertz CT molecular complexity index is 1230. The van der Waals surface area contributed by atoms with E-state index in [1.807, 2.05) is 31.4 Å². The molecule has 3 heterocycles. The van der Waals surface area contributed by atoms with Crippen LogP contribution < -0.4 is 10.6 Å². The van der Waals surface area contributed by atoms with Crippen LogP contribution in [0.3, 0.4) is 0 Å². The number of nitrogens with zero attached hydrogens (tertiary/aromatic N) is 5. The normalized spacial score (nSPS) is 12.3. The molecule has 1 atom stereocenters. The van der Waals surface area contributed by atoms with Gasteiger partial charge in [0.15, 0.2) is 17.0 Å². The molecule has 0 saturated heterocycles. The van der Waals surface area contributed by atoms with E-state index in [9.17, 15) is 4.39 Å². The van der Waals surface area contributed by atoms with Gasteiger partial charge in [-0.1, -0.05) is 24.2 Å². The Hall–Kier alpha value is -3.49. The maximum atomic E-state index is 13.6. The van der Waals surface area contributed by atoms with Crippen LogP contribution in [-0.2, 0) is 13.1 Å². The highest BCUT2D eigenvalue weighted by Crippen LogP contribution is 2.25. The summed E-state index contributed by atoms with van der Waals surface area (Å²) in [4.78, 5) is 13.9. The van der Waals surface area contributed by atoms with Crippen molar-refractivity contribution in [1.29, 1.82) is 0 Å². The lowest BCUT2D eigenvalue weighted by Crippen LogP contribution is -2.14. The number of nitrogens with one attached hydrogen (secondary N) is 2. The number of imidazole rings is 1. The highest BCUT2D eigenvalue weighted by Gasteiger charge is 2.18. The highest BCUT2D eigenvalue weighted by atomic mass is 19.1. The van der Waals surface area contributed by atoms with Gasteiger partial charge in [0.25, 0.3) is 0 Å². The molecule has 0 radical (unpaired) electrons. The van der Waals surface area contributed by atoms with E-state index in [4.69, 9.17) is 9.51 Å². The van der Waals surface area contributed by atoms with Gasteiger partial charge >= 0.3 is 0 Å². The van der Waals surface area contributed by atoms with Crippen LogP contribution in [0.4, 0.5) is 16.2 Å². The number of rotatable bonds is 8. The number of anilines is 2. The number of benzene rings is 1. The monoisotopic (exact) mass is 437 g/mol. The minimum absolute atomic E-state index is 0.176. The molecule has 0 saturated carbocycles. The first-order chi connectivity index (χ1) is 15.4. The Labute approximate surface area is 186 Å². The summed E-state index contributed by atoms with van der Waals surface area (Å²) in [5, 5.41) is 10.7. The van der Waals surface area contributed by atoms with E-state index in [0.717, 1.165) is 34.8 Å². The second-order valence-corrected chi connectivity index (χ2v) is 8.06. The number of hydrogen-bond acceptors (Lipinski definition) is 7. The molecule has 0 amide bonds. The van der Waals surface area contributed by atoms with Crippen molar-refractivity contribution in [2.24, 2.45) is 0 Å². The first kappa shape index (κ1) is 21.7. The fourth-order valence-corrected chi connectivity index (χ4v) is 3.92. The fraction of sp³-hybridized carbons (Fsp3) is 0.391. The topological polar surface area (TPSA) is 93.7 Å². The molecule has 9 heteroatoms. The molecule has 0 spiro atoms. The van der Waals surface area contributed by atoms with Gasteiger partial charge in [0.1, 0.15) is 11.6 Å². The SMILES string of the molecule is CCn1cnc2c(NCc3ccc(F)c(C)c3)nc(NCC(C)c3c(C)noc3C)nc21. The van der Waals surface area contributed by atoms with Crippen molar-refractivity contribution in [3.63, 3.8) is 0 Å². The third-order valence-corrected chi connectivity index (χ3v) is 5.63. The summed E-state index contributed by atoms with van der Waals surface area (Å²) in [5.74, 6) is 1.95. The molecule has 4 rings (SSSR count). The lowest BCUT2D eigenvalue weighted by molar-refractivity contribution is 0.391. The van der Waals surface area contributed by atoms with E-state index in [2.05, 4.69) is 32.7 Å². The van der Waals surface area contributed by atoms with Crippen molar-refractivity contribution in [2.45, 2.75) is 53.6 Å². The predicted octanol–water partition coefficient (Wildman–Crippen LogP) is 4.73. The zero-order valence-electron chi connectivity index (χ0n) is 19.0. The van der Waals surface area contributed by atoms with Gasteiger partial charge in [-0.25, -0.2) is 9.37 Å². The molecule has 0 aliphatic rings. The molecule has 0 bridgehead atoms. The largest absolute Gasteiger partial charge is 0.364 e. The van der Waals surface area contributed by atoms with Crippen LogP contribution in [0, 0.1) is 26.6 Å². The van der Waals surface area contributed by atoms with Crippen molar-refractivity contribution < 1.29 is 8.91 Å². The molecule has 0 fully saturated rings. The molecule has 2 N–H and O–H groups in total. The van der Waals surface area contributed by atoms with Gasteiger partial charge in [-0.2, -0.15) is 9.97 Å². The molecule has 3 aromatic heterocycles. The van der Waals surface area contributed by atoms with Crippen LogP contribution in [0.5, 0.6) is 0 Å². The zero-order valence-corrected chi connectivity index (χ0v) is 19.0. The molecule has 1 aromatic carbocycles. The Kier molecular flexibility index (Phi) is 6.07. The Balaban J connectivity index is 1.58. The molecule has 0 aliphatic heterocycles. The number of hydrogen-bond donors (Lipinski definition) is 2. The van der Waals surface area contributed by atoms with Crippen molar-refractivity contribution in [3.05, 3.63) is 58.5 Å². The summed E-state index contributed by atoms with van der Waals surface area (Å²) in [6.45, 7) is 11.7. The number of aromatic nitrogens is 5. The molecule has 4 aromatic rings. The van der Waals surface area contributed by atoms with Crippen LogP contribution in [0.15, 0.2) is 29.0 Å². The molecular formula is C23H28FN7O. The third-order valence-electron chi connectivity index (χ3n) is 5.63. The van der Waals surface area contributed by atoms with Crippen LogP contribution >= 0.6 is 0 Å². The van der Waals surface area contributed by atoms with E-state index < -0.39 is 0 Å². The van der Waals surface area contributed by atoms with Gasteiger partial charge in [-0.05, 0) is 44.9 Å². The smallest absolute Gasteiger partial charge is 0.226 e. The van der Waals surface area contributed by atoms with Gasteiger partial charge in [-0.15, -0.1) is 0 Å². The molecule has 8 nitrogen and oxygen atoms in total. The van der Waals surface area contributed by atoms with Crippen LogP contribution in [0.1, 0.15) is 47.9 Å². The molecule has 168 valence electrons. The third kappa shape index (κ3) is 4.28. The first-order valence-corrected chi connectivity index (χ1v) is 10.8. The summed E-state index contributed by atoms with van der Waals surface area (Å²) < 4.78 is 20.9. The number of halogens is 1. The van der Waals surface area contributed by atoms with Gasteiger partial charge in [0.05, 0.1) is 12.0 Å². The van der Waals surface area contributed by atoms with Gasteiger partial charge in [0.2, 0.25) is 5.95 Å². The predicted molar refractivity (Wildman–Crippen MR) is 122 cm³/mol. The van der Waals surface area contributed by atoms with E-state index in [0.29, 0.717) is 35.9 Å². The zero-order chi connectivity index (χ0) is 22.8. The minimum atomic E-state index is -0.209. The van der Waals surface area contributed by atoms with Gasteiger partial charge < -0.3 is 19.7 Å². The van der Waals surface area contributed by atoms with Crippen LogP contribution in [0.25, 0.3) is 11.2 Å². The van der Waals surface area contributed by atoms with Crippen molar-refractivity contribution in [3.8, 4) is 0 Å². The maximum absolute atomic E-state index is 13.6. The number of aryl methyl sites for hydroxylation is 4. The van der Waals surface area contributed by atoms with Crippen LogP contribution in [-0.4, -0.2) is 31.2 Å². The quantitative estimate of drug-likeness (QED) is 0.412. The Morgan fingerprint density at radius 3 is 2.66 bits per heavy atom. The lowest BCUT2D eigenvalue weighted by Gasteiger charge is -2.14. The minimum Gasteiger partial charge on any atom is -0.364 e. The summed E-state index contributed by atoms with van der Waals surface area (Å²) >= 11 is 0. The molecule has 32 heavy (non-hydrogen) atoms. The second-order valence-electron chi connectivity index (χ2n) is 8.06. The summed E-state index contributed by atoms with van der Waals surface area (Å²) in [5.41, 5.74) is 5.04. The summed E-state index contributed by atoms with van der Waals surface area (Å²) in [6, 6.07) is 5.08. The Morgan fingerprint density at radius 1 is 1.16 bits per heavy atom. The molecule has 0 aliphatic carbocycles. The van der Waals surface area contributed by atoms with Gasteiger partial charge in [-0.3, -0.25) is 0 Å². The van der Waals surface area contributed by atoms with Crippen LogP contribution in [0.2, 0.25) is 0 Å². The van der Waals surface area contributed by atoms with E-state index in [1.165, 1.54) is 6.07 Å². The molecular weight excluding hydrogens is 409 g/mol. The lowest BCUT2D eigenvalue weighted by atomic mass is 10.00. The standard InChI is InChI=1S/C23H28FN7O/c1-6-31-12-27-20-21(25-11-17-7-8-18(24)13(2)9-17)28-23(29-22(20)31)26-10-14(3)19-15(4)30-32-16(19)5/h7-9,12,14H,6,10-11H2,1-5H3,(H2,25,26,28,29). The average Bonchev–Trinajstić information content (AvgIpc) is 3.35. The fourth-order valence-electron chi connectivity index (χ4n) is 3.92. The summed E-state index contributed by atoms with van der Waals surface area (Å²) in [6.07, 6.45) is 1.77. The van der Waals surface area contributed by atoms with Crippen molar-refractivity contribution in [1.82, 2.24) is 24.7 Å².